The quantitative estimate of drug-likeness (QED) is 0.284. The van der Waals surface area contributed by atoms with Crippen molar-refractivity contribution in [1.82, 2.24) is 15.0 Å². The summed E-state index contributed by atoms with van der Waals surface area (Å²) in [5, 5.41) is 0. The maximum Gasteiger partial charge on any atom is -0.693 e. The van der Waals surface area contributed by atoms with Crippen molar-refractivity contribution in [2.24, 2.45) is 0 Å². The second kappa shape index (κ2) is 76.9. The molecule has 0 fully saturated rings. The van der Waals surface area contributed by atoms with E-state index in [1.54, 1.807) is 56.1 Å². The van der Waals surface area contributed by atoms with Gasteiger partial charge in [-0.25, -0.2) is 0 Å². The molecule has 9 nitrogen and oxygen atoms in total. The van der Waals surface area contributed by atoms with Gasteiger partial charge in [0.25, 0.3) is 0 Å². The Bertz CT molecular complexity index is 564. The molecule has 3 rings (SSSR count). The summed E-state index contributed by atoms with van der Waals surface area (Å²) < 4.78 is 0. The standard InChI is InChI=1S/3C6H7N.3CH4.5ClH.3H2N.3H2O.3Pt/c3*1-6-4-2-3-5-7-6;;;;;;;;;;;;;;;;;/h3*2-5H,1H3;3*1H4;5*1H;6*1H2;;;/q;;;;;;;;;;;3*-1;;;;3*+2/p-5. The van der Waals surface area contributed by atoms with Crippen molar-refractivity contribution in [3.63, 3.8) is 0 Å². The van der Waals surface area contributed by atoms with E-state index in [4.69, 9.17) is 18.8 Å². The fraction of sp³-hybridized carbons (Fsp3) is 0.286. The normalized spacial score (nSPS) is 5.76. The summed E-state index contributed by atoms with van der Waals surface area (Å²) in [7, 11) is 19.0. The van der Waals surface area contributed by atoms with Crippen LogP contribution in [0.15, 0.2) is 73.2 Å². The van der Waals surface area contributed by atoms with Crippen LogP contribution >= 0.6 is 37.7 Å². The van der Waals surface area contributed by atoms with Crippen LogP contribution in [-0.4, -0.2) is 31.4 Å². The number of aromatic nitrogens is 3. The molecule has 0 unspecified atom stereocenters. The Hall–Kier alpha value is 0.725. The average Bonchev–Trinajstić information content (AvgIpc) is 2.74. The van der Waals surface area contributed by atoms with Gasteiger partial charge in [0.1, 0.15) is 0 Å². The SMILES string of the molecule is C.C.C.Cc1ccccn1.Cc1ccccn1.Cc1ccccn1.O.O.O.[Cl-].[Cl][Pt+].[Cl][Pt+].[Cl][Pt][Cl].[NH2-].[NH2-].[NH2-]. The minimum Gasteiger partial charge on any atom is -0.693 e. The Morgan fingerprint density at radius 2 is 0.684 bits per heavy atom. The summed E-state index contributed by atoms with van der Waals surface area (Å²) in [6.07, 6.45) is 5.36. The minimum absolute atomic E-state index is 0. The predicted molar refractivity (Wildman–Crippen MR) is 157 cm³/mol. The van der Waals surface area contributed by atoms with Gasteiger partial charge in [-0.1, -0.05) is 40.5 Å². The third kappa shape index (κ3) is 76.7. The van der Waals surface area contributed by atoms with Gasteiger partial charge in [-0.3, -0.25) is 15.0 Å². The van der Waals surface area contributed by atoms with Crippen molar-refractivity contribution in [3.8, 4) is 0 Å². The summed E-state index contributed by atoms with van der Waals surface area (Å²) in [4.78, 5) is 11.9. The predicted octanol–water partition coefficient (Wildman–Crippen LogP) is 5.51. The molecule has 17 heteroatoms. The first-order valence-electron chi connectivity index (χ1n) is 7.29. The Balaban J connectivity index is -0.0000000180. The molecule has 0 bridgehead atoms. The number of hydrogen-bond donors (Lipinski definition) is 0. The Morgan fingerprint density at radius 1 is 0.526 bits per heavy atom. The van der Waals surface area contributed by atoms with Gasteiger partial charge in [-0.2, -0.15) is 0 Å². The Labute approximate surface area is 284 Å². The molecule has 38 heavy (non-hydrogen) atoms. The Morgan fingerprint density at radius 3 is 0.737 bits per heavy atom. The van der Waals surface area contributed by atoms with Crippen LogP contribution in [0.1, 0.15) is 39.4 Å². The van der Waals surface area contributed by atoms with Crippen LogP contribution in [0.2, 0.25) is 0 Å². The fourth-order valence-corrected chi connectivity index (χ4v) is 1.34. The van der Waals surface area contributed by atoms with E-state index in [1.165, 1.54) is 0 Å². The van der Waals surface area contributed by atoms with Crippen LogP contribution < -0.4 is 12.4 Å². The molecule has 0 aromatic carbocycles. The van der Waals surface area contributed by atoms with Gasteiger partial charge < -0.3 is 47.3 Å². The summed E-state index contributed by atoms with van der Waals surface area (Å²) >= 11 is 2.75. The van der Waals surface area contributed by atoms with Crippen molar-refractivity contribution in [1.29, 1.82) is 0 Å². The number of pyridine rings is 3. The number of nitrogens with two attached hydrogens (primary N) is 3. The van der Waals surface area contributed by atoms with Gasteiger partial charge in [0.15, 0.2) is 0 Å². The monoisotopic (exact) mass is 1190 g/mol. The molecule has 3 heterocycles. The minimum atomic E-state index is -0.472. The maximum absolute atomic E-state index is 4.88. The van der Waals surface area contributed by atoms with Crippen LogP contribution in [0, 0.1) is 20.8 Å². The van der Waals surface area contributed by atoms with Crippen molar-refractivity contribution in [2.75, 3.05) is 0 Å². The van der Waals surface area contributed by atoms with E-state index in [2.05, 4.69) is 33.8 Å². The number of halogens is 5. The van der Waals surface area contributed by atoms with Crippen molar-refractivity contribution < 1.29 is 82.9 Å². The zero-order valence-corrected chi connectivity index (χ0v) is 29.4. The van der Waals surface area contributed by atoms with Crippen molar-refractivity contribution in [2.45, 2.75) is 43.1 Å². The van der Waals surface area contributed by atoms with Gasteiger partial charge in [0, 0.05) is 35.7 Å². The van der Waals surface area contributed by atoms with Crippen LogP contribution in [0.25, 0.3) is 18.5 Å². The van der Waals surface area contributed by atoms with E-state index in [1.807, 2.05) is 75.4 Å². The third-order valence-corrected chi connectivity index (χ3v) is 2.44. The zero-order chi connectivity index (χ0) is 22.0. The van der Waals surface area contributed by atoms with Gasteiger partial charge in [-0.15, -0.1) is 0 Å². The van der Waals surface area contributed by atoms with Crippen LogP contribution in [0.5, 0.6) is 0 Å². The van der Waals surface area contributed by atoms with Gasteiger partial charge >= 0.3 is 91.7 Å². The summed E-state index contributed by atoms with van der Waals surface area (Å²) in [5.41, 5.74) is 3.22. The average molecular weight is 1190 g/mol. The molecule has 12 N–H and O–H groups in total. The molecule has 0 aliphatic carbocycles. The second-order valence-electron chi connectivity index (χ2n) is 4.46. The molecule has 0 atom stereocenters. The second-order valence-corrected chi connectivity index (χ2v) is 7.74. The fourth-order valence-electron chi connectivity index (χ4n) is 1.34. The molecule has 0 amide bonds. The molecular formula is C21H45Cl5N6O3Pt3-2. The number of nitrogens with zero attached hydrogens (tertiary/aromatic N) is 3. The van der Waals surface area contributed by atoms with Gasteiger partial charge in [0.2, 0.25) is 0 Å². The van der Waals surface area contributed by atoms with Crippen LogP contribution in [0.4, 0.5) is 0 Å². The Kier molecular flexibility index (Phi) is 168. The molecular weight excluding hydrogens is 1150 g/mol. The van der Waals surface area contributed by atoms with E-state index in [0.29, 0.717) is 0 Å². The first-order valence-corrected chi connectivity index (χ1v) is 18.6. The smallest absolute Gasteiger partial charge is 0.693 e. The molecule has 3 aromatic rings. The van der Waals surface area contributed by atoms with Gasteiger partial charge in [0.05, 0.1) is 0 Å². The molecule has 0 aliphatic heterocycles. The first-order chi connectivity index (χ1) is 13.6. The summed E-state index contributed by atoms with van der Waals surface area (Å²) in [5.74, 6) is 0. The topological polar surface area (TPSA) is 234 Å². The molecule has 3 aromatic heterocycles. The van der Waals surface area contributed by atoms with E-state index in [9.17, 15) is 0 Å². The van der Waals surface area contributed by atoms with Crippen molar-refractivity contribution in [3.05, 3.63) is 109 Å². The van der Waals surface area contributed by atoms with Crippen molar-refractivity contribution >= 4 is 37.7 Å². The molecule has 244 valence electrons. The molecule has 0 saturated heterocycles. The summed E-state index contributed by atoms with van der Waals surface area (Å²) in [6, 6.07) is 17.6. The zero-order valence-electron chi connectivity index (χ0n) is 18.8. The number of aryl methyl sites for hydroxylation is 3. The molecule has 0 saturated carbocycles. The number of rotatable bonds is 0. The van der Waals surface area contributed by atoms with Gasteiger partial charge in [-0.05, 0) is 57.2 Å². The summed E-state index contributed by atoms with van der Waals surface area (Å²) in [6.45, 7) is 5.92. The largest absolute Gasteiger partial charge is 0.693 e. The first kappa shape index (κ1) is 83.3. The number of hydrogen-bond acceptors (Lipinski definition) is 3. The maximum atomic E-state index is 4.88. The molecule has 0 radical (unpaired) electrons. The van der Waals surface area contributed by atoms with E-state index in [0.717, 1.165) is 17.1 Å². The molecule has 0 spiro atoms. The third-order valence-electron chi connectivity index (χ3n) is 2.44. The van der Waals surface area contributed by atoms with Crippen LogP contribution in [0.3, 0.4) is 0 Å². The molecule has 0 aliphatic rings. The van der Waals surface area contributed by atoms with E-state index >= 15 is 0 Å². The van der Waals surface area contributed by atoms with E-state index in [-0.39, 0.29) is 69.6 Å². The van der Waals surface area contributed by atoms with Crippen LogP contribution in [-0.2, 0) is 54.0 Å². The van der Waals surface area contributed by atoms with E-state index < -0.39 is 16.5 Å².